The summed E-state index contributed by atoms with van der Waals surface area (Å²) in [7, 11) is 0. The summed E-state index contributed by atoms with van der Waals surface area (Å²) in [5.41, 5.74) is 1.84. The van der Waals surface area contributed by atoms with Crippen molar-refractivity contribution in [2.75, 3.05) is 11.9 Å². The zero-order valence-electron chi connectivity index (χ0n) is 8.55. The van der Waals surface area contributed by atoms with E-state index in [-0.39, 0.29) is 0 Å². The van der Waals surface area contributed by atoms with E-state index in [0.717, 1.165) is 11.4 Å². The van der Waals surface area contributed by atoms with Crippen molar-refractivity contribution in [1.82, 2.24) is 20.2 Å². The first-order chi connectivity index (χ1) is 7.83. The van der Waals surface area contributed by atoms with Crippen molar-refractivity contribution in [3.8, 4) is 5.69 Å². The van der Waals surface area contributed by atoms with Crippen LogP contribution in [0.1, 0.15) is 0 Å². The molecule has 2 rings (SSSR count). The quantitative estimate of drug-likeness (QED) is 0.625. The minimum absolute atomic E-state index is 0.396. The van der Waals surface area contributed by atoms with Gasteiger partial charge in [0.05, 0.1) is 11.4 Å². The van der Waals surface area contributed by atoms with Gasteiger partial charge in [0.15, 0.2) is 0 Å². The molecule has 1 aromatic carbocycles. The number of hydrogen-bond donors (Lipinski definition) is 2. The Kier molecular flexibility index (Phi) is 3.11. The van der Waals surface area contributed by atoms with Crippen LogP contribution in [0.15, 0.2) is 36.9 Å². The third-order valence-corrected chi connectivity index (χ3v) is 2.32. The molecular formula is C10H11N5S. The van der Waals surface area contributed by atoms with Gasteiger partial charge in [-0.2, -0.15) is 5.21 Å². The van der Waals surface area contributed by atoms with Gasteiger partial charge in [-0.15, -0.1) is 6.58 Å². The number of nitrogens with one attached hydrogen (secondary N) is 2. The molecule has 6 heteroatoms. The topological polar surface area (TPSA) is 58.5 Å². The minimum Gasteiger partial charge on any atom is -0.380 e. The van der Waals surface area contributed by atoms with E-state index in [0.29, 0.717) is 11.3 Å². The highest BCUT2D eigenvalue weighted by Gasteiger charge is 2.04. The normalized spacial score (nSPS) is 10.0. The Morgan fingerprint density at radius 1 is 1.50 bits per heavy atom. The van der Waals surface area contributed by atoms with Gasteiger partial charge >= 0.3 is 0 Å². The Bertz CT molecular complexity index is 542. The summed E-state index contributed by atoms with van der Waals surface area (Å²) in [4.78, 5) is 0. The third kappa shape index (κ3) is 2.01. The zero-order valence-corrected chi connectivity index (χ0v) is 9.37. The lowest BCUT2D eigenvalue weighted by atomic mass is 10.2. The van der Waals surface area contributed by atoms with Gasteiger partial charge in [0.2, 0.25) is 4.77 Å². The van der Waals surface area contributed by atoms with Crippen LogP contribution in [0.2, 0.25) is 0 Å². The smallest absolute Gasteiger partial charge is 0.242 e. The van der Waals surface area contributed by atoms with Crippen LogP contribution in [0.5, 0.6) is 0 Å². The number of rotatable bonds is 4. The molecule has 0 radical (unpaired) electrons. The molecule has 2 N–H and O–H groups in total. The Balaban J connectivity index is 2.44. The number of aromatic nitrogens is 4. The predicted octanol–water partition coefficient (Wildman–Crippen LogP) is 1.92. The fourth-order valence-electron chi connectivity index (χ4n) is 1.35. The second-order valence-electron chi connectivity index (χ2n) is 3.10. The van der Waals surface area contributed by atoms with Crippen molar-refractivity contribution < 1.29 is 0 Å². The maximum absolute atomic E-state index is 5.05. The lowest BCUT2D eigenvalue weighted by Gasteiger charge is -2.09. The largest absolute Gasteiger partial charge is 0.380 e. The molecular weight excluding hydrogens is 222 g/mol. The minimum atomic E-state index is 0.396. The third-order valence-electron chi connectivity index (χ3n) is 2.05. The fourth-order valence-corrected chi connectivity index (χ4v) is 1.53. The molecule has 0 bridgehead atoms. The summed E-state index contributed by atoms with van der Waals surface area (Å²) >= 11 is 5.05. The number of benzene rings is 1. The first kappa shape index (κ1) is 10.6. The molecule has 1 heterocycles. The summed E-state index contributed by atoms with van der Waals surface area (Å²) in [6.45, 7) is 4.35. The monoisotopic (exact) mass is 233 g/mol. The Hall–Kier alpha value is -1.95. The van der Waals surface area contributed by atoms with Crippen molar-refractivity contribution in [1.29, 1.82) is 0 Å². The van der Waals surface area contributed by atoms with Crippen molar-refractivity contribution >= 4 is 17.9 Å². The van der Waals surface area contributed by atoms with Crippen LogP contribution in [-0.4, -0.2) is 26.8 Å². The van der Waals surface area contributed by atoms with Crippen LogP contribution in [0.4, 0.5) is 5.69 Å². The van der Waals surface area contributed by atoms with Gasteiger partial charge in [0, 0.05) is 6.54 Å². The van der Waals surface area contributed by atoms with Gasteiger partial charge in [-0.1, -0.05) is 28.5 Å². The number of para-hydroxylation sites is 2. The van der Waals surface area contributed by atoms with Crippen LogP contribution >= 0.6 is 12.2 Å². The highest BCUT2D eigenvalue weighted by molar-refractivity contribution is 7.71. The fraction of sp³-hybridized carbons (Fsp3) is 0.100. The highest BCUT2D eigenvalue weighted by atomic mass is 32.1. The van der Waals surface area contributed by atoms with Gasteiger partial charge in [0.25, 0.3) is 0 Å². The first-order valence-electron chi connectivity index (χ1n) is 4.77. The maximum atomic E-state index is 5.05. The van der Waals surface area contributed by atoms with Crippen molar-refractivity contribution in [2.24, 2.45) is 0 Å². The Morgan fingerprint density at radius 3 is 3.00 bits per heavy atom. The molecule has 5 nitrogen and oxygen atoms in total. The summed E-state index contributed by atoms with van der Waals surface area (Å²) in [6, 6.07) is 7.77. The van der Waals surface area contributed by atoms with Gasteiger partial charge in [-0.25, -0.2) is 4.68 Å². The number of aromatic amines is 1. The van der Waals surface area contributed by atoms with Crippen LogP contribution < -0.4 is 5.32 Å². The molecule has 0 aliphatic rings. The van der Waals surface area contributed by atoms with Crippen molar-refractivity contribution in [3.63, 3.8) is 0 Å². The zero-order chi connectivity index (χ0) is 11.4. The second kappa shape index (κ2) is 4.71. The summed E-state index contributed by atoms with van der Waals surface area (Å²) in [6.07, 6.45) is 1.79. The van der Waals surface area contributed by atoms with Gasteiger partial charge in [0.1, 0.15) is 0 Å². The van der Waals surface area contributed by atoms with E-state index in [4.69, 9.17) is 12.2 Å². The average molecular weight is 233 g/mol. The number of hydrogen-bond acceptors (Lipinski definition) is 4. The van der Waals surface area contributed by atoms with E-state index in [1.54, 1.807) is 10.8 Å². The van der Waals surface area contributed by atoms with Crippen molar-refractivity contribution in [2.45, 2.75) is 0 Å². The molecule has 0 aliphatic carbocycles. The second-order valence-corrected chi connectivity index (χ2v) is 3.47. The molecule has 2 aromatic rings. The molecule has 16 heavy (non-hydrogen) atoms. The Morgan fingerprint density at radius 2 is 2.31 bits per heavy atom. The van der Waals surface area contributed by atoms with E-state index in [1.165, 1.54) is 0 Å². The molecule has 0 atom stereocenters. The predicted molar refractivity (Wildman–Crippen MR) is 65.2 cm³/mol. The molecule has 0 aliphatic heterocycles. The number of anilines is 1. The van der Waals surface area contributed by atoms with E-state index in [9.17, 15) is 0 Å². The maximum Gasteiger partial charge on any atom is 0.242 e. The molecule has 0 saturated heterocycles. The van der Waals surface area contributed by atoms with Crippen LogP contribution in [0, 0.1) is 4.77 Å². The van der Waals surface area contributed by atoms with Crippen LogP contribution in [0.3, 0.4) is 0 Å². The van der Waals surface area contributed by atoms with E-state index >= 15 is 0 Å². The van der Waals surface area contributed by atoms with E-state index in [2.05, 4.69) is 27.4 Å². The molecule has 1 aromatic heterocycles. The molecule has 0 unspecified atom stereocenters. The summed E-state index contributed by atoms with van der Waals surface area (Å²) in [5, 5.41) is 13.3. The lowest BCUT2D eigenvalue weighted by molar-refractivity contribution is 0.786. The summed E-state index contributed by atoms with van der Waals surface area (Å²) in [5.74, 6) is 0. The lowest BCUT2D eigenvalue weighted by Crippen LogP contribution is -2.05. The molecule has 0 saturated carbocycles. The van der Waals surface area contributed by atoms with E-state index in [1.807, 2.05) is 24.3 Å². The molecule has 82 valence electrons. The molecule has 0 fully saturated rings. The highest BCUT2D eigenvalue weighted by Crippen LogP contribution is 2.18. The molecule has 0 spiro atoms. The number of tetrazole rings is 1. The van der Waals surface area contributed by atoms with Crippen molar-refractivity contribution in [3.05, 3.63) is 41.7 Å². The number of H-pyrrole nitrogens is 1. The van der Waals surface area contributed by atoms with E-state index < -0.39 is 0 Å². The van der Waals surface area contributed by atoms with Gasteiger partial charge < -0.3 is 5.32 Å². The van der Waals surface area contributed by atoms with Crippen LogP contribution in [-0.2, 0) is 0 Å². The number of nitrogens with zero attached hydrogens (tertiary/aromatic N) is 3. The Labute approximate surface area is 97.8 Å². The standard InChI is InChI=1S/C10H11N5S/c1-2-7-11-8-5-3-4-6-9(8)15-10(16)12-13-14-15/h2-6,11H,1,7H2,(H,12,14,16). The summed E-state index contributed by atoms with van der Waals surface area (Å²) < 4.78 is 2.04. The first-order valence-corrected chi connectivity index (χ1v) is 5.18. The van der Waals surface area contributed by atoms with Gasteiger partial charge in [-0.05, 0) is 24.4 Å². The van der Waals surface area contributed by atoms with Crippen LogP contribution in [0.25, 0.3) is 5.69 Å². The SMILES string of the molecule is C=CCNc1ccccc1-n1[nH]nnc1=S. The van der Waals surface area contributed by atoms with Gasteiger partial charge in [-0.3, -0.25) is 0 Å². The molecule has 0 amide bonds. The average Bonchev–Trinajstić information content (AvgIpc) is 2.73.